The first-order valence-electron chi connectivity index (χ1n) is 11.8. The predicted molar refractivity (Wildman–Crippen MR) is 113 cm³/mol. The van der Waals surface area contributed by atoms with Crippen LogP contribution in [0.25, 0.3) is 0 Å². The number of carbonyl (C=O) groups excluding carboxylic acids is 2. The van der Waals surface area contributed by atoms with Gasteiger partial charge in [0.15, 0.2) is 0 Å². The van der Waals surface area contributed by atoms with Crippen LogP contribution in [-0.4, -0.2) is 66.9 Å². The highest BCUT2D eigenvalue weighted by atomic mass is 35.5. The highest BCUT2D eigenvalue weighted by molar-refractivity contribution is 6.21. The number of hydrogen-bond donors (Lipinski definition) is 3. The highest BCUT2D eigenvalue weighted by Crippen LogP contribution is 2.67. The van der Waals surface area contributed by atoms with Gasteiger partial charge in [-0.15, -0.1) is 11.6 Å². The van der Waals surface area contributed by atoms with Crippen molar-refractivity contribution in [2.75, 3.05) is 19.7 Å². The Hall–Kier alpha value is -1.13. The fourth-order valence-corrected chi connectivity index (χ4v) is 6.10. The average Bonchev–Trinajstić information content (AvgIpc) is 2.70. The molecule has 0 radical (unpaired) electrons. The van der Waals surface area contributed by atoms with E-state index < -0.39 is 29.1 Å². The van der Waals surface area contributed by atoms with Crippen LogP contribution in [-0.2, 0) is 14.3 Å². The molecule has 4 saturated carbocycles. The summed E-state index contributed by atoms with van der Waals surface area (Å²) in [5.74, 6) is -1.60. The van der Waals surface area contributed by atoms with Crippen molar-refractivity contribution < 1.29 is 31.9 Å². The molecule has 1 saturated heterocycles. The van der Waals surface area contributed by atoms with E-state index in [1.54, 1.807) is 0 Å². The molecule has 5 fully saturated rings. The Balaban J connectivity index is 1.09. The van der Waals surface area contributed by atoms with E-state index in [0.29, 0.717) is 51.5 Å². The maximum Gasteiger partial charge on any atom is 0.393 e. The lowest BCUT2D eigenvalue weighted by atomic mass is 9.39. The Morgan fingerprint density at radius 2 is 1.85 bits per heavy atom. The molecule has 5 aliphatic rings. The van der Waals surface area contributed by atoms with Gasteiger partial charge < -0.3 is 20.7 Å². The number of hydrogen-bond acceptors (Lipinski definition) is 4. The predicted octanol–water partition coefficient (Wildman–Crippen LogP) is 2.98. The van der Waals surface area contributed by atoms with Crippen molar-refractivity contribution in [2.24, 2.45) is 11.3 Å². The standard InChI is InChI=1S/C22H32ClF4N3O3/c23-16-4-3-15(7-17(16)24)33-9-18(31)30-21-10-20(11-21,12-21)19(32)28-6-5-14-2-1-13(8-29-14)22(25,26)27/h13-17,29H,1-12H2,(H,28,32)(H,30,31). The first-order chi connectivity index (χ1) is 15.5. The molecule has 2 amide bonds. The summed E-state index contributed by atoms with van der Waals surface area (Å²) in [6, 6.07) is -0.0188. The number of nitrogens with one attached hydrogen (secondary N) is 3. The summed E-state index contributed by atoms with van der Waals surface area (Å²) in [7, 11) is 0. The van der Waals surface area contributed by atoms with Gasteiger partial charge in [-0.25, -0.2) is 4.39 Å². The van der Waals surface area contributed by atoms with Crippen LogP contribution >= 0.6 is 11.6 Å². The third-order valence-corrected chi connectivity index (χ3v) is 8.26. The van der Waals surface area contributed by atoms with Crippen LogP contribution in [0.2, 0.25) is 0 Å². The maximum absolute atomic E-state index is 13.7. The van der Waals surface area contributed by atoms with Crippen LogP contribution in [0, 0.1) is 11.3 Å². The number of amides is 2. The van der Waals surface area contributed by atoms with Crippen LogP contribution in [0.15, 0.2) is 0 Å². The second kappa shape index (κ2) is 9.49. The van der Waals surface area contributed by atoms with E-state index in [9.17, 15) is 27.2 Å². The summed E-state index contributed by atoms with van der Waals surface area (Å²) in [5, 5.41) is 8.32. The van der Waals surface area contributed by atoms with Gasteiger partial charge in [0.05, 0.1) is 22.8 Å². The Bertz CT molecular complexity index is 725. The number of carbonyl (C=O) groups is 2. The number of ether oxygens (including phenoxy) is 1. The van der Waals surface area contributed by atoms with E-state index in [-0.39, 0.29) is 55.5 Å². The van der Waals surface area contributed by atoms with Crippen molar-refractivity contribution in [3.05, 3.63) is 0 Å². The molecule has 6 nitrogen and oxygen atoms in total. The maximum atomic E-state index is 13.7. The fraction of sp³-hybridized carbons (Fsp3) is 0.909. The second-order valence-electron chi connectivity index (χ2n) is 10.4. The van der Waals surface area contributed by atoms with Gasteiger partial charge in [0.25, 0.3) is 0 Å². The quantitative estimate of drug-likeness (QED) is 0.356. The molecule has 33 heavy (non-hydrogen) atoms. The van der Waals surface area contributed by atoms with Crippen LogP contribution < -0.4 is 16.0 Å². The third-order valence-electron chi connectivity index (χ3n) is 7.77. The topological polar surface area (TPSA) is 79.5 Å². The van der Waals surface area contributed by atoms with Crippen molar-refractivity contribution in [1.82, 2.24) is 16.0 Å². The Kier molecular flexibility index (Phi) is 7.18. The van der Waals surface area contributed by atoms with Gasteiger partial charge in [0, 0.05) is 31.1 Å². The van der Waals surface area contributed by atoms with Gasteiger partial charge in [-0.3, -0.25) is 9.59 Å². The minimum Gasteiger partial charge on any atom is -0.368 e. The SMILES string of the molecule is O=C(COC1CCC(Cl)C(F)C1)NC12CC(C(=O)NCCC3CCC(C(F)(F)F)CN3)(C1)C2. The second-order valence-corrected chi connectivity index (χ2v) is 10.9. The van der Waals surface area contributed by atoms with Gasteiger partial charge >= 0.3 is 6.18 Å². The average molecular weight is 498 g/mol. The van der Waals surface area contributed by atoms with E-state index in [0.717, 1.165) is 0 Å². The molecule has 188 valence electrons. The summed E-state index contributed by atoms with van der Waals surface area (Å²) in [5.41, 5.74) is -0.804. The molecule has 1 aliphatic heterocycles. The van der Waals surface area contributed by atoms with E-state index in [4.69, 9.17) is 16.3 Å². The molecule has 4 aliphatic carbocycles. The molecular formula is C22H32ClF4N3O3. The van der Waals surface area contributed by atoms with Crippen LogP contribution in [0.5, 0.6) is 0 Å². The van der Waals surface area contributed by atoms with Crippen molar-refractivity contribution >= 4 is 23.4 Å². The minimum atomic E-state index is -4.16. The Morgan fingerprint density at radius 3 is 2.45 bits per heavy atom. The summed E-state index contributed by atoms with van der Waals surface area (Å²) in [6.45, 7) is 0.220. The number of piperidine rings is 1. The van der Waals surface area contributed by atoms with Crippen LogP contribution in [0.1, 0.15) is 57.8 Å². The molecule has 2 bridgehead atoms. The Morgan fingerprint density at radius 1 is 1.12 bits per heavy atom. The normalized spacial score (nSPS) is 40.3. The summed E-state index contributed by atoms with van der Waals surface area (Å²) in [4.78, 5) is 24.8. The smallest absolute Gasteiger partial charge is 0.368 e. The molecule has 0 aromatic carbocycles. The highest BCUT2D eigenvalue weighted by Gasteiger charge is 2.72. The van der Waals surface area contributed by atoms with Crippen molar-refractivity contribution in [3.63, 3.8) is 0 Å². The lowest BCUT2D eigenvalue weighted by Gasteiger charge is -2.69. The van der Waals surface area contributed by atoms with E-state index in [1.807, 2.05) is 0 Å². The van der Waals surface area contributed by atoms with Crippen LogP contribution in [0.3, 0.4) is 0 Å². The summed E-state index contributed by atoms with van der Waals surface area (Å²) < 4.78 is 57.4. The lowest BCUT2D eigenvalue weighted by molar-refractivity contribution is -0.184. The number of alkyl halides is 5. The molecular weight excluding hydrogens is 466 g/mol. The lowest BCUT2D eigenvalue weighted by Crippen LogP contribution is -2.78. The number of rotatable bonds is 8. The largest absolute Gasteiger partial charge is 0.393 e. The third kappa shape index (κ3) is 5.59. The molecule has 1 heterocycles. The zero-order valence-corrected chi connectivity index (χ0v) is 19.2. The monoisotopic (exact) mass is 497 g/mol. The number of halogens is 5. The summed E-state index contributed by atoms with van der Waals surface area (Å²) >= 11 is 5.86. The molecule has 0 aromatic rings. The van der Waals surface area contributed by atoms with E-state index in [1.165, 1.54) is 0 Å². The fourth-order valence-electron chi connectivity index (χ4n) is 5.87. The molecule has 0 aromatic heterocycles. The zero-order valence-electron chi connectivity index (χ0n) is 18.5. The molecule has 0 spiro atoms. The van der Waals surface area contributed by atoms with Gasteiger partial charge in [-0.2, -0.15) is 13.2 Å². The molecule has 5 rings (SSSR count). The van der Waals surface area contributed by atoms with E-state index >= 15 is 0 Å². The molecule has 11 heteroatoms. The van der Waals surface area contributed by atoms with Crippen LogP contribution in [0.4, 0.5) is 17.6 Å². The van der Waals surface area contributed by atoms with Gasteiger partial charge in [-0.05, 0) is 51.4 Å². The zero-order chi connectivity index (χ0) is 23.9. The summed E-state index contributed by atoms with van der Waals surface area (Å²) in [6.07, 6.45) is -1.31. The van der Waals surface area contributed by atoms with Gasteiger partial charge in [0.2, 0.25) is 11.8 Å². The van der Waals surface area contributed by atoms with Crippen molar-refractivity contribution in [1.29, 1.82) is 0 Å². The van der Waals surface area contributed by atoms with E-state index in [2.05, 4.69) is 16.0 Å². The molecule has 5 unspecified atom stereocenters. The molecule has 5 atom stereocenters. The first kappa shape index (κ1) is 25.0. The first-order valence-corrected chi connectivity index (χ1v) is 12.2. The minimum absolute atomic E-state index is 0.0188. The van der Waals surface area contributed by atoms with Gasteiger partial charge in [-0.1, -0.05) is 0 Å². The Labute approximate surface area is 195 Å². The van der Waals surface area contributed by atoms with Crippen molar-refractivity contribution in [3.8, 4) is 0 Å². The molecule has 3 N–H and O–H groups in total. The van der Waals surface area contributed by atoms with Crippen molar-refractivity contribution in [2.45, 2.75) is 93.2 Å². The van der Waals surface area contributed by atoms with Gasteiger partial charge in [0.1, 0.15) is 12.8 Å².